The summed E-state index contributed by atoms with van der Waals surface area (Å²) in [5.74, 6) is -2.63. The van der Waals surface area contributed by atoms with Crippen molar-refractivity contribution >= 4 is 23.5 Å². The van der Waals surface area contributed by atoms with Gasteiger partial charge in [0.2, 0.25) is 0 Å². The number of carboxylic acid groups (broad SMARTS) is 2. The van der Waals surface area contributed by atoms with Crippen molar-refractivity contribution in [1.82, 2.24) is 5.32 Å². The number of carbonyl (C=O) groups is 3. The molecule has 4 N–H and O–H groups in total. The van der Waals surface area contributed by atoms with Crippen LogP contribution in [0.15, 0.2) is 36.0 Å². The van der Waals surface area contributed by atoms with Gasteiger partial charge in [-0.25, -0.2) is 4.79 Å². The van der Waals surface area contributed by atoms with Gasteiger partial charge in [0, 0.05) is 24.9 Å². The highest BCUT2D eigenvalue weighted by molar-refractivity contribution is 5.97. The zero-order valence-corrected chi connectivity index (χ0v) is 12.1. The van der Waals surface area contributed by atoms with Crippen LogP contribution >= 0.6 is 0 Å². The van der Waals surface area contributed by atoms with Crippen LogP contribution in [0.25, 0.3) is 0 Å². The highest BCUT2D eigenvalue weighted by Crippen LogP contribution is 2.10. The van der Waals surface area contributed by atoms with Gasteiger partial charge >= 0.3 is 11.9 Å². The third kappa shape index (κ3) is 6.31. The van der Waals surface area contributed by atoms with Crippen LogP contribution in [-0.4, -0.2) is 34.6 Å². The highest BCUT2D eigenvalue weighted by atomic mass is 16.4. The number of rotatable bonds is 8. The van der Waals surface area contributed by atoms with E-state index in [1.165, 1.54) is 30.5 Å². The van der Waals surface area contributed by atoms with E-state index in [0.29, 0.717) is 5.69 Å². The number of hydrogen-bond acceptors (Lipinski definition) is 5. The molecule has 0 radical (unpaired) electrons. The molecule has 0 bridgehead atoms. The molecule has 0 heterocycles. The molecule has 0 aliphatic heterocycles. The van der Waals surface area contributed by atoms with Crippen molar-refractivity contribution in [3.63, 3.8) is 0 Å². The van der Waals surface area contributed by atoms with Crippen molar-refractivity contribution < 1.29 is 24.6 Å². The van der Waals surface area contributed by atoms with Gasteiger partial charge in [-0.05, 0) is 30.7 Å². The van der Waals surface area contributed by atoms with Crippen LogP contribution in [0.2, 0.25) is 0 Å². The molecule has 0 aliphatic carbocycles. The molecule has 0 aliphatic rings. The van der Waals surface area contributed by atoms with Gasteiger partial charge in [-0.3, -0.25) is 9.59 Å². The zero-order chi connectivity index (χ0) is 17.2. The molecule has 0 atom stereocenters. The van der Waals surface area contributed by atoms with Crippen molar-refractivity contribution in [3.05, 3.63) is 41.6 Å². The van der Waals surface area contributed by atoms with E-state index in [2.05, 4.69) is 10.6 Å². The van der Waals surface area contributed by atoms with Gasteiger partial charge in [0.15, 0.2) is 0 Å². The SMILES string of the molecule is N#C/C(=C/Nc1ccc(C(=O)O)cc1)C(=O)NCCCC(=O)O. The number of hydrogen-bond donors (Lipinski definition) is 4. The van der Waals surface area contributed by atoms with E-state index in [-0.39, 0.29) is 30.5 Å². The summed E-state index contributed by atoms with van der Waals surface area (Å²) in [5.41, 5.74) is 0.459. The van der Waals surface area contributed by atoms with Crippen LogP contribution in [0.1, 0.15) is 23.2 Å². The minimum atomic E-state index is -1.05. The van der Waals surface area contributed by atoms with Gasteiger partial charge in [-0.1, -0.05) is 0 Å². The summed E-state index contributed by atoms with van der Waals surface area (Å²) >= 11 is 0. The van der Waals surface area contributed by atoms with E-state index >= 15 is 0 Å². The lowest BCUT2D eigenvalue weighted by Gasteiger charge is -2.05. The molecule has 1 aromatic rings. The van der Waals surface area contributed by atoms with Gasteiger partial charge in [-0.2, -0.15) is 5.26 Å². The Hall–Kier alpha value is -3.34. The smallest absolute Gasteiger partial charge is 0.335 e. The molecule has 0 unspecified atom stereocenters. The number of aromatic carboxylic acids is 1. The minimum absolute atomic E-state index is 0.0694. The van der Waals surface area contributed by atoms with Gasteiger partial charge in [0.05, 0.1) is 5.56 Å². The quantitative estimate of drug-likeness (QED) is 0.321. The van der Waals surface area contributed by atoms with Crippen molar-refractivity contribution in [2.45, 2.75) is 12.8 Å². The number of aliphatic carboxylic acids is 1. The Labute approximate surface area is 132 Å². The molecular formula is C15H15N3O5. The Morgan fingerprint density at radius 2 is 1.83 bits per heavy atom. The van der Waals surface area contributed by atoms with E-state index < -0.39 is 17.8 Å². The molecule has 8 heteroatoms. The second kappa shape index (κ2) is 8.84. The zero-order valence-electron chi connectivity index (χ0n) is 12.1. The van der Waals surface area contributed by atoms with Crippen LogP contribution in [0, 0.1) is 11.3 Å². The maximum Gasteiger partial charge on any atom is 0.335 e. The predicted molar refractivity (Wildman–Crippen MR) is 80.6 cm³/mol. The highest BCUT2D eigenvalue weighted by Gasteiger charge is 2.08. The predicted octanol–water partition coefficient (Wildman–Crippen LogP) is 1.19. The van der Waals surface area contributed by atoms with E-state index in [4.69, 9.17) is 15.5 Å². The van der Waals surface area contributed by atoms with E-state index in [1.807, 2.05) is 0 Å². The molecule has 120 valence electrons. The molecule has 0 fully saturated rings. The Morgan fingerprint density at radius 1 is 1.17 bits per heavy atom. The lowest BCUT2D eigenvalue weighted by molar-refractivity contribution is -0.137. The molecule has 23 heavy (non-hydrogen) atoms. The van der Waals surface area contributed by atoms with Crippen molar-refractivity contribution in [2.24, 2.45) is 0 Å². The molecule has 1 rings (SSSR count). The third-order valence-corrected chi connectivity index (χ3v) is 2.73. The fourth-order valence-electron chi connectivity index (χ4n) is 1.55. The summed E-state index contributed by atoms with van der Waals surface area (Å²) in [6.45, 7) is 0.150. The standard InChI is InChI=1S/C15H15N3O5/c16-8-11(14(21)17-7-1-2-13(19)20)9-18-12-5-3-10(4-6-12)15(22)23/h3-6,9,18H,1-2,7H2,(H,17,21)(H,19,20)(H,22,23)/b11-9-. The van der Waals surface area contributed by atoms with Crippen LogP contribution in [-0.2, 0) is 9.59 Å². The number of amides is 1. The summed E-state index contributed by atoms with van der Waals surface area (Å²) < 4.78 is 0. The monoisotopic (exact) mass is 317 g/mol. The molecular weight excluding hydrogens is 302 g/mol. The number of nitrogens with zero attached hydrogens (tertiary/aromatic N) is 1. The first-order valence-corrected chi connectivity index (χ1v) is 6.64. The molecule has 1 aromatic carbocycles. The number of anilines is 1. The first-order valence-electron chi connectivity index (χ1n) is 6.64. The number of nitriles is 1. The number of benzene rings is 1. The summed E-state index contributed by atoms with van der Waals surface area (Å²) in [7, 11) is 0. The first kappa shape index (κ1) is 17.7. The summed E-state index contributed by atoms with van der Waals surface area (Å²) in [6.07, 6.45) is 1.40. The normalized spacial score (nSPS) is 10.5. The topological polar surface area (TPSA) is 140 Å². The maximum absolute atomic E-state index is 11.7. The van der Waals surface area contributed by atoms with Crippen molar-refractivity contribution in [2.75, 3.05) is 11.9 Å². The number of carboxylic acids is 2. The lowest BCUT2D eigenvalue weighted by Crippen LogP contribution is -2.26. The van der Waals surface area contributed by atoms with Crippen molar-refractivity contribution in [1.29, 1.82) is 5.26 Å². The van der Waals surface area contributed by atoms with E-state index in [1.54, 1.807) is 6.07 Å². The second-order valence-corrected chi connectivity index (χ2v) is 4.45. The summed E-state index contributed by atoms with van der Waals surface area (Å²) in [6, 6.07) is 7.50. The average molecular weight is 317 g/mol. The van der Waals surface area contributed by atoms with Crippen LogP contribution in [0.5, 0.6) is 0 Å². The van der Waals surface area contributed by atoms with Gasteiger partial charge in [0.1, 0.15) is 11.6 Å². The molecule has 8 nitrogen and oxygen atoms in total. The fraction of sp³-hybridized carbons (Fsp3) is 0.200. The Bertz CT molecular complexity index is 659. The van der Waals surface area contributed by atoms with Gasteiger partial charge in [-0.15, -0.1) is 0 Å². The van der Waals surface area contributed by atoms with Gasteiger partial charge in [0.25, 0.3) is 5.91 Å². The third-order valence-electron chi connectivity index (χ3n) is 2.73. The number of carbonyl (C=O) groups excluding carboxylic acids is 1. The first-order chi connectivity index (χ1) is 10.9. The molecule has 1 amide bonds. The summed E-state index contributed by atoms with van der Waals surface area (Å²) in [5, 5.41) is 31.4. The molecule has 0 saturated heterocycles. The Morgan fingerprint density at radius 3 is 2.35 bits per heavy atom. The number of nitrogens with one attached hydrogen (secondary N) is 2. The van der Waals surface area contributed by atoms with Crippen LogP contribution < -0.4 is 10.6 Å². The molecule has 0 saturated carbocycles. The van der Waals surface area contributed by atoms with Crippen LogP contribution in [0.4, 0.5) is 5.69 Å². The Balaban J connectivity index is 2.57. The van der Waals surface area contributed by atoms with Crippen LogP contribution in [0.3, 0.4) is 0 Å². The van der Waals surface area contributed by atoms with E-state index in [0.717, 1.165) is 0 Å². The van der Waals surface area contributed by atoms with E-state index in [9.17, 15) is 14.4 Å². The molecule has 0 aromatic heterocycles. The maximum atomic E-state index is 11.7. The largest absolute Gasteiger partial charge is 0.481 e. The lowest BCUT2D eigenvalue weighted by atomic mass is 10.2. The fourth-order valence-corrected chi connectivity index (χ4v) is 1.55. The minimum Gasteiger partial charge on any atom is -0.481 e. The van der Waals surface area contributed by atoms with Gasteiger partial charge < -0.3 is 20.8 Å². The Kier molecular flexibility index (Phi) is 6.81. The molecule has 0 spiro atoms. The summed E-state index contributed by atoms with van der Waals surface area (Å²) in [4.78, 5) is 32.8. The average Bonchev–Trinajstić information content (AvgIpc) is 2.52. The van der Waals surface area contributed by atoms with Crippen molar-refractivity contribution in [3.8, 4) is 6.07 Å². The second-order valence-electron chi connectivity index (χ2n) is 4.45.